The first-order chi connectivity index (χ1) is 7.83. The highest BCUT2D eigenvalue weighted by Gasteiger charge is 2.35. The van der Waals surface area contributed by atoms with Gasteiger partial charge in [-0.25, -0.2) is 0 Å². The first-order valence-corrected chi connectivity index (χ1v) is 6.73. The van der Waals surface area contributed by atoms with E-state index >= 15 is 0 Å². The van der Waals surface area contributed by atoms with E-state index < -0.39 is 0 Å². The summed E-state index contributed by atoms with van der Waals surface area (Å²) < 4.78 is 0. The SMILES string of the molecule is CC#CCCN(CC)C1CC2CCC(C1)N2. The zero-order chi connectivity index (χ0) is 11.4. The first-order valence-electron chi connectivity index (χ1n) is 6.73. The molecular formula is C14H24N2. The predicted octanol–water partition coefficient (Wildman–Crippen LogP) is 2.00. The first kappa shape index (κ1) is 12.0. The van der Waals surface area contributed by atoms with Crippen molar-refractivity contribution in [1.29, 1.82) is 0 Å². The van der Waals surface area contributed by atoms with Gasteiger partial charge in [-0.1, -0.05) is 6.92 Å². The van der Waals surface area contributed by atoms with Crippen molar-refractivity contribution in [2.45, 2.75) is 64.1 Å². The molecule has 0 aromatic carbocycles. The smallest absolute Gasteiger partial charge is 0.0217 e. The number of nitrogens with zero attached hydrogens (tertiary/aromatic N) is 1. The van der Waals surface area contributed by atoms with Crippen LogP contribution in [0.3, 0.4) is 0 Å². The maximum atomic E-state index is 3.71. The van der Waals surface area contributed by atoms with Crippen LogP contribution in [0.1, 0.15) is 46.0 Å². The molecule has 2 heterocycles. The monoisotopic (exact) mass is 220 g/mol. The highest BCUT2D eigenvalue weighted by atomic mass is 15.2. The van der Waals surface area contributed by atoms with Crippen LogP contribution in [0.25, 0.3) is 0 Å². The molecular weight excluding hydrogens is 196 g/mol. The van der Waals surface area contributed by atoms with E-state index in [1.54, 1.807) is 0 Å². The van der Waals surface area contributed by atoms with Crippen molar-refractivity contribution in [3.63, 3.8) is 0 Å². The topological polar surface area (TPSA) is 15.3 Å². The van der Waals surface area contributed by atoms with Crippen molar-refractivity contribution < 1.29 is 0 Å². The Morgan fingerprint density at radius 2 is 1.94 bits per heavy atom. The molecule has 2 aliphatic heterocycles. The normalized spacial score (nSPS) is 32.6. The van der Waals surface area contributed by atoms with Gasteiger partial charge in [0.2, 0.25) is 0 Å². The summed E-state index contributed by atoms with van der Waals surface area (Å²) in [4.78, 5) is 2.64. The van der Waals surface area contributed by atoms with E-state index in [1.165, 1.54) is 32.2 Å². The summed E-state index contributed by atoms with van der Waals surface area (Å²) in [6.07, 6.45) is 6.53. The maximum Gasteiger partial charge on any atom is 0.0217 e. The number of hydrogen-bond donors (Lipinski definition) is 1. The quantitative estimate of drug-likeness (QED) is 0.729. The Morgan fingerprint density at radius 1 is 1.25 bits per heavy atom. The van der Waals surface area contributed by atoms with E-state index in [0.29, 0.717) is 0 Å². The van der Waals surface area contributed by atoms with Gasteiger partial charge in [0.15, 0.2) is 0 Å². The molecule has 16 heavy (non-hydrogen) atoms. The van der Waals surface area contributed by atoms with E-state index in [-0.39, 0.29) is 0 Å². The summed E-state index contributed by atoms with van der Waals surface area (Å²) in [5.41, 5.74) is 0. The third-order valence-electron chi connectivity index (χ3n) is 4.07. The highest BCUT2D eigenvalue weighted by Crippen LogP contribution is 2.29. The van der Waals surface area contributed by atoms with E-state index in [0.717, 1.165) is 31.1 Å². The maximum absolute atomic E-state index is 3.71. The Bertz CT molecular complexity index is 264. The molecule has 0 radical (unpaired) electrons. The van der Waals surface area contributed by atoms with Gasteiger partial charge in [0.1, 0.15) is 0 Å². The zero-order valence-corrected chi connectivity index (χ0v) is 10.6. The molecule has 2 saturated heterocycles. The van der Waals surface area contributed by atoms with Crippen LogP contribution in [0.4, 0.5) is 0 Å². The number of nitrogens with one attached hydrogen (secondary N) is 1. The average Bonchev–Trinajstić information content (AvgIpc) is 2.64. The van der Waals surface area contributed by atoms with E-state index in [2.05, 4.69) is 29.0 Å². The molecule has 1 N–H and O–H groups in total. The van der Waals surface area contributed by atoms with Crippen LogP contribution >= 0.6 is 0 Å². The second kappa shape index (κ2) is 5.70. The molecule has 0 saturated carbocycles. The Morgan fingerprint density at radius 3 is 2.50 bits per heavy atom. The summed E-state index contributed by atoms with van der Waals surface area (Å²) in [5, 5.41) is 3.71. The van der Waals surface area contributed by atoms with Crippen LogP contribution in [0.5, 0.6) is 0 Å². The van der Waals surface area contributed by atoms with Crippen molar-refractivity contribution in [3.8, 4) is 11.8 Å². The van der Waals surface area contributed by atoms with Crippen molar-refractivity contribution >= 4 is 0 Å². The molecule has 2 rings (SSSR count). The molecule has 0 spiro atoms. The van der Waals surface area contributed by atoms with Crippen LogP contribution in [0.2, 0.25) is 0 Å². The fourth-order valence-corrected chi connectivity index (χ4v) is 3.25. The third-order valence-corrected chi connectivity index (χ3v) is 4.07. The fraction of sp³-hybridized carbons (Fsp3) is 0.857. The molecule has 0 amide bonds. The lowest BCUT2D eigenvalue weighted by Crippen LogP contribution is -2.48. The van der Waals surface area contributed by atoms with Crippen LogP contribution in [0, 0.1) is 11.8 Å². The lowest BCUT2D eigenvalue weighted by atomic mass is 9.98. The highest BCUT2D eigenvalue weighted by molar-refractivity contribution is 4.98. The number of piperidine rings is 1. The van der Waals surface area contributed by atoms with Gasteiger partial charge in [-0.15, -0.1) is 11.8 Å². The Labute approximate surface area is 99.8 Å². The van der Waals surface area contributed by atoms with Crippen LogP contribution in [0.15, 0.2) is 0 Å². The third kappa shape index (κ3) is 2.78. The Balaban J connectivity index is 1.85. The summed E-state index contributed by atoms with van der Waals surface area (Å²) >= 11 is 0. The van der Waals surface area contributed by atoms with Gasteiger partial charge in [-0.3, -0.25) is 4.90 Å². The van der Waals surface area contributed by atoms with E-state index in [1.807, 2.05) is 6.92 Å². The molecule has 0 aliphatic carbocycles. The average molecular weight is 220 g/mol. The second-order valence-corrected chi connectivity index (χ2v) is 5.07. The molecule has 0 aromatic heterocycles. The predicted molar refractivity (Wildman–Crippen MR) is 68.3 cm³/mol. The minimum Gasteiger partial charge on any atom is -0.311 e. The van der Waals surface area contributed by atoms with Crippen molar-refractivity contribution in [3.05, 3.63) is 0 Å². The molecule has 2 bridgehead atoms. The largest absolute Gasteiger partial charge is 0.311 e. The van der Waals surface area contributed by atoms with Gasteiger partial charge in [0.25, 0.3) is 0 Å². The zero-order valence-electron chi connectivity index (χ0n) is 10.6. The van der Waals surface area contributed by atoms with Gasteiger partial charge in [0, 0.05) is 31.1 Å². The minimum atomic E-state index is 0.801. The molecule has 2 nitrogen and oxygen atoms in total. The molecule has 0 aromatic rings. The summed E-state index contributed by atoms with van der Waals surface area (Å²) in [6, 6.07) is 2.41. The van der Waals surface area contributed by atoms with Crippen molar-refractivity contribution in [2.75, 3.05) is 13.1 Å². The molecule has 2 aliphatic rings. The van der Waals surface area contributed by atoms with E-state index in [4.69, 9.17) is 0 Å². The Hall–Kier alpha value is -0.520. The summed E-state index contributed by atoms with van der Waals surface area (Å²) in [7, 11) is 0. The number of hydrogen-bond acceptors (Lipinski definition) is 2. The van der Waals surface area contributed by atoms with E-state index in [9.17, 15) is 0 Å². The summed E-state index contributed by atoms with van der Waals surface area (Å²) in [6.45, 7) is 6.54. The van der Waals surface area contributed by atoms with Gasteiger partial charge in [0.05, 0.1) is 0 Å². The van der Waals surface area contributed by atoms with Crippen LogP contribution < -0.4 is 5.32 Å². The minimum absolute atomic E-state index is 0.801. The lowest BCUT2D eigenvalue weighted by Gasteiger charge is -2.37. The Kier molecular flexibility index (Phi) is 4.26. The number of fused-ring (bicyclic) bond motifs is 2. The van der Waals surface area contributed by atoms with Crippen molar-refractivity contribution in [2.24, 2.45) is 0 Å². The second-order valence-electron chi connectivity index (χ2n) is 5.07. The molecule has 2 fully saturated rings. The standard InChI is InChI=1S/C14H24N2/c1-3-5-6-9-16(4-2)14-10-12-7-8-13(11-14)15-12/h12-15H,4,6-11H2,1-2H3. The van der Waals surface area contributed by atoms with Gasteiger partial charge >= 0.3 is 0 Å². The van der Waals surface area contributed by atoms with Crippen LogP contribution in [-0.2, 0) is 0 Å². The van der Waals surface area contributed by atoms with Crippen molar-refractivity contribution in [1.82, 2.24) is 10.2 Å². The van der Waals surface area contributed by atoms with Gasteiger partial charge in [-0.2, -0.15) is 0 Å². The summed E-state index contributed by atoms with van der Waals surface area (Å²) in [5.74, 6) is 6.17. The molecule has 90 valence electrons. The van der Waals surface area contributed by atoms with Crippen LogP contribution in [-0.4, -0.2) is 36.1 Å². The molecule has 2 heteroatoms. The molecule has 2 atom stereocenters. The molecule has 2 unspecified atom stereocenters. The number of rotatable bonds is 4. The lowest BCUT2D eigenvalue weighted by molar-refractivity contribution is 0.151. The van der Waals surface area contributed by atoms with Gasteiger partial charge < -0.3 is 5.32 Å². The fourth-order valence-electron chi connectivity index (χ4n) is 3.25. The van der Waals surface area contributed by atoms with Gasteiger partial charge in [-0.05, 0) is 39.2 Å².